The molecule has 1 aliphatic rings. The molecule has 1 fully saturated rings. The molecule has 2 heteroatoms. The van der Waals surface area contributed by atoms with Gasteiger partial charge in [-0.15, -0.1) is 0 Å². The minimum Gasteiger partial charge on any atom is -0.371 e. The summed E-state index contributed by atoms with van der Waals surface area (Å²) >= 11 is 0. The van der Waals surface area contributed by atoms with Crippen LogP contribution in [0.5, 0.6) is 0 Å². The summed E-state index contributed by atoms with van der Waals surface area (Å²) in [4.78, 5) is 0. The van der Waals surface area contributed by atoms with Crippen molar-refractivity contribution in [2.75, 3.05) is 13.1 Å². The van der Waals surface area contributed by atoms with E-state index in [0.29, 0.717) is 6.10 Å². The number of nitrogens with one attached hydrogen (secondary N) is 1. The molecule has 12 heavy (non-hydrogen) atoms. The van der Waals surface area contributed by atoms with Crippen LogP contribution in [0.1, 0.15) is 40.0 Å². The van der Waals surface area contributed by atoms with Crippen molar-refractivity contribution in [2.24, 2.45) is 0 Å². The second kappa shape index (κ2) is 4.24. The van der Waals surface area contributed by atoms with Gasteiger partial charge in [0.25, 0.3) is 0 Å². The topological polar surface area (TPSA) is 21.3 Å². The zero-order chi connectivity index (χ0) is 9.03. The molecule has 0 spiro atoms. The molecule has 0 aliphatic carbocycles. The zero-order valence-corrected chi connectivity index (χ0v) is 8.52. The van der Waals surface area contributed by atoms with Crippen molar-refractivity contribution in [3.63, 3.8) is 0 Å². The lowest BCUT2D eigenvalue weighted by Gasteiger charge is -2.30. The lowest BCUT2D eigenvalue weighted by molar-refractivity contribution is -0.0787. The van der Waals surface area contributed by atoms with E-state index in [2.05, 4.69) is 26.1 Å². The monoisotopic (exact) mass is 171 g/mol. The highest BCUT2D eigenvalue weighted by atomic mass is 16.5. The van der Waals surface area contributed by atoms with Gasteiger partial charge in [-0.25, -0.2) is 0 Å². The molecule has 1 rings (SSSR count). The molecule has 0 amide bonds. The average molecular weight is 171 g/mol. The predicted octanol–water partition coefficient (Wildman–Crippen LogP) is 1.94. The van der Waals surface area contributed by atoms with Crippen LogP contribution in [-0.2, 0) is 4.74 Å². The van der Waals surface area contributed by atoms with E-state index in [1.165, 1.54) is 6.42 Å². The van der Waals surface area contributed by atoms with Crippen LogP contribution in [0.4, 0.5) is 0 Å². The molecular formula is C10H21NO. The highest BCUT2D eigenvalue weighted by Gasteiger charge is 2.26. The fourth-order valence-electron chi connectivity index (χ4n) is 1.55. The first kappa shape index (κ1) is 10.0. The molecule has 1 aliphatic heterocycles. The molecule has 1 heterocycles. The minimum atomic E-state index is 0.108. The molecule has 1 unspecified atom stereocenters. The molecule has 72 valence electrons. The summed E-state index contributed by atoms with van der Waals surface area (Å²) in [5.74, 6) is 0. The van der Waals surface area contributed by atoms with Gasteiger partial charge < -0.3 is 10.1 Å². The maximum atomic E-state index is 6.03. The SMILES string of the molecule is CCC(C)(CC)OC1CCNC1. The van der Waals surface area contributed by atoms with Crippen LogP contribution in [-0.4, -0.2) is 24.8 Å². The van der Waals surface area contributed by atoms with Crippen LogP contribution in [0.15, 0.2) is 0 Å². The van der Waals surface area contributed by atoms with Crippen LogP contribution in [0, 0.1) is 0 Å². The number of hydrogen-bond acceptors (Lipinski definition) is 2. The van der Waals surface area contributed by atoms with E-state index in [9.17, 15) is 0 Å². The van der Waals surface area contributed by atoms with Gasteiger partial charge in [0.05, 0.1) is 11.7 Å². The molecule has 2 nitrogen and oxygen atoms in total. The van der Waals surface area contributed by atoms with Crippen LogP contribution in [0.25, 0.3) is 0 Å². The van der Waals surface area contributed by atoms with E-state index in [1.807, 2.05) is 0 Å². The summed E-state index contributed by atoms with van der Waals surface area (Å²) in [7, 11) is 0. The quantitative estimate of drug-likeness (QED) is 0.698. The maximum absolute atomic E-state index is 6.03. The van der Waals surface area contributed by atoms with Gasteiger partial charge in [0.2, 0.25) is 0 Å². The van der Waals surface area contributed by atoms with Crippen LogP contribution in [0.2, 0.25) is 0 Å². The average Bonchev–Trinajstić information content (AvgIpc) is 2.57. The normalized spacial score (nSPS) is 24.8. The van der Waals surface area contributed by atoms with Crippen molar-refractivity contribution >= 4 is 0 Å². The fourth-order valence-corrected chi connectivity index (χ4v) is 1.55. The molecular weight excluding hydrogens is 150 g/mol. The van der Waals surface area contributed by atoms with E-state index < -0.39 is 0 Å². The second-order valence-corrected chi connectivity index (χ2v) is 3.89. The smallest absolute Gasteiger partial charge is 0.0718 e. The van der Waals surface area contributed by atoms with Crippen LogP contribution >= 0.6 is 0 Å². The van der Waals surface area contributed by atoms with Crippen molar-refractivity contribution in [3.8, 4) is 0 Å². The van der Waals surface area contributed by atoms with E-state index in [0.717, 1.165) is 25.9 Å². The van der Waals surface area contributed by atoms with E-state index in [4.69, 9.17) is 4.74 Å². The number of hydrogen-bond donors (Lipinski definition) is 1. The summed E-state index contributed by atoms with van der Waals surface area (Å²) in [6, 6.07) is 0. The Kier molecular flexibility index (Phi) is 3.53. The van der Waals surface area contributed by atoms with Gasteiger partial charge in [-0.05, 0) is 32.7 Å². The molecule has 0 aromatic rings. The molecule has 0 bridgehead atoms. The third-order valence-corrected chi connectivity index (χ3v) is 2.96. The standard InChI is InChI=1S/C10H21NO/c1-4-10(3,5-2)12-9-6-7-11-8-9/h9,11H,4-8H2,1-3H3. The fraction of sp³-hybridized carbons (Fsp3) is 1.00. The van der Waals surface area contributed by atoms with Crippen molar-refractivity contribution in [1.82, 2.24) is 5.32 Å². The van der Waals surface area contributed by atoms with Gasteiger partial charge in [-0.1, -0.05) is 13.8 Å². The largest absolute Gasteiger partial charge is 0.371 e. The lowest BCUT2D eigenvalue weighted by Crippen LogP contribution is -2.33. The molecule has 0 aromatic carbocycles. The first-order valence-corrected chi connectivity index (χ1v) is 5.08. The van der Waals surface area contributed by atoms with Crippen LogP contribution < -0.4 is 5.32 Å². The Morgan fingerprint density at radius 1 is 1.42 bits per heavy atom. The molecule has 1 saturated heterocycles. The number of rotatable bonds is 4. The van der Waals surface area contributed by atoms with Gasteiger partial charge in [0.15, 0.2) is 0 Å². The van der Waals surface area contributed by atoms with Gasteiger partial charge >= 0.3 is 0 Å². The van der Waals surface area contributed by atoms with Crippen molar-refractivity contribution in [1.29, 1.82) is 0 Å². The highest BCUT2D eigenvalue weighted by Crippen LogP contribution is 2.23. The summed E-state index contributed by atoms with van der Waals surface area (Å²) in [5, 5.41) is 3.32. The molecule has 0 aromatic heterocycles. The number of ether oxygens (including phenoxy) is 1. The second-order valence-electron chi connectivity index (χ2n) is 3.89. The van der Waals surface area contributed by atoms with Gasteiger partial charge in [0, 0.05) is 6.54 Å². The highest BCUT2D eigenvalue weighted by molar-refractivity contribution is 4.78. The Morgan fingerprint density at radius 3 is 2.50 bits per heavy atom. The van der Waals surface area contributed by atoms with Gasteiger partial charge in [0.1, 0.15) is 0 Å². The Bertz CT molecular complexity index is 126. The van der Waals surface area contributed by atoms with Gasteiger partial charge in [-0.3, -0.25) is 0 Å². The summed E-state index contributed by atoms with van der Waals surface area (Å²) < 4.78 is 6.03. The Hall–Kier alpha value is -0.0800. The first-order chi connectivity index (χ1) is 5.70. The zero-order valence-electron chi connectivity index (χ0n) is 8.52. The Morgan fingerprint density at radius 2 is 2.08 bits per heavy atom. The van der Waals surface area contributed by atoms with E-state index in [-0.39, 0.29) is 5.60 Å². The van der Waals surface area contributed by atoms with Crippen molar-refractivity contribution in [2.45, 2.75) is 51.7 Å². The molecule has 1 atom stereocenters. The summed E-state index contributed by atoms with van der Waals surface area (Å²) in [5.41, 5.74) is 0.108. The summed E-state index contributed by atoms with van der Waals surface area (Å²) in [6.45, 7) is 8.77. The van der Waals surface area contributed by atoms with Gasteiger partial charge in [-0.2, -0.15) is 0 Å². The molecule has 0 saturated carbocycles. The Labute approximate surface area is 75.7 Å². The van der Waals surface area contributed by atoms with Crippen LogP contribution in [0.3, 0.4) is 0 Å². The Balaban J connectivity index is 2.35. The molecule has 0 radical (unpaired) electrons. The van der Waals surface area contributed by atoms with Crippen molar-refractivity contribution in [3.05, 3.63) is 0 Å². The third-order valence-electron chi connectivity index (χ3n) is 2.96. The predicted molar refractivity (Wildman–Crippen MR) is 51.3 cm³/mol. The van der Waals surface area contributed by atoms with E-state index >= 15 is 0 Å². The maximum Gasteiger partial charge on any atom is 0.0718 e. The van der Waals surface area contributed by atoms with Crippen molar-refractivity contribution < 1.29 is 4.74 Å². The molecule has 1 N–H and O–H groups in total. The summed E-state index contributed by atoms with van der Waals surface area (Å²) in [6.07, 6.45) is 3.85. The van der Waals surface area contributed by atoms with E-state index in [1.54, 1.807) is 0 Å². The third kappa shape index (κ3) is 2.46. The first-order valence-electron chi connectivity index (χ1n) is 5.08. The minimum absolute atomic E-state index is 0.108. The lowest BCUT2D eigenvalue weighted by atomic mass is 9.99.